The lowest BCUT2D eigenvalue weighted by atomic mass is 10.1. The molecule has 1 atom stereocenters. The number of para-hydroxylation sites is 2. The molecule has 38 heavy (non-hydrogen) atoms. The number of hydrogen-bond acceptors (Lipinski definition) is 6. The lowest BCUT2D eigenvalue weighted by molar-refractivity contribution is -0.127. The molecule has 2 amide bonds. The summed E-state index contributed by atoms with van der Waals surface area (Å²) in [6.45, 7) is 2.49. The number of nitrogens with one attached hydrogen (secondary N) is 2. The van der Waals surface area contributed by atoms with E-state index in [1.807, 2.05) is 37.3 Å². The number of fused-ring (bicyclic) bond motifs is 1. The molecule has 10 heteroatoms. The highest BCUT2D eigenvalue weighted by Crippen LogP contribution is 2.35. The summed E-state index contributed by atoms with van der Waals surface area (Å²) in [6, 6.07) is 21.0. The van der Waals surface area contributed by atoms with Crippen molar-refractivity contribution in [3.8, 4) is 11.5 Å². The molecule has 3 aromatic rings. The Morgan fingerprint density at radius 2 is 1.76 bits per heavy atom. The number of hydrogen-bond donors (Lipinski definition) is 2. The average molecular weight is 538 g/mol. The van der Waals surface area contributed by atoms with E-state index in [0.717, 1.165) is 5.56 Å². The zero-order valence-corrected chi connectivity index (χ0v) is 22.2. The van der Waals surface area contributed by atoms with E-state index in [4.69, 9.17) is 9.47 Å². The first-order valence-electron chi connectivity index (χ1n) is 12.4. The summed E-state index contributed by atoms with van der Waals surface area (Å²) in [5, 5.41) is 2.89. The molecule has 0 fully saturated rings. The second-order valence-corrected chi connectivity index (χ2v) is 10.5. The minimum Gasteiger partial charge on any atom is -0.495 e. The quantitative estimate of drug-likeness (QED) is 0.411. The molecule has 200 valence electrons. The van der Waals surface area contributed by atoms with Gasteiger partial charge in [0.05, 0.1) is 19.3 Å². The Hall–Kier alpha value is -3.89. The third kappa shape index (κ3) is 6.15. The smallest absolute Gasteiger partial charge is 0.262 e. The van der Waals surface area contributed by atoms with E-state index in [2.05, 4.69) is 10.0 Å². The molecule has 0 bridgehead atoms. The van der Waals surface area contributed by atoms with E-state index in [1.54, 1.807) is 24.3 Å². The fourth-order valence-electron chi connectivity index (χ4n) is 4.14. The van der Waals surface area contributed by atoms with Gasteiger partial charge >= 0.3 is 0 Å². The molecule has 1 aliphatic heterocycles. The number of methoxy groups -OCH3 is 1. The van der Waals surface area contributed by atoms with Gasteiger partial charge in [-0.05, 0) is 48.7 Å². The van der Waals surface area contributed by atoms with Crippen molar-refractivity contribution in [3.63, 3.8) is 0 Å². The maximum absolute atomic E-state index is 13.7. The van der Waals surface area contributed by atoms with Crippen LogP contribution < -0.4 is 24.4 Å². The van der Waals surface area contributed by atoms with Crippen LogP contribution in [0.2, 0.25) is 0 Å². The highest BCUT2D eigenvalue weighted by molar-refractivity contribution is 7.89. The van der Waals surface area contributed by atoms with Crippen molar-refractivity contribution in [1.29, 1.82) is 0 Å². The highest BCUT2D eigenvalue weighted by atomic mass is 32.2. The zero-order chi connectivity index (χ0) is 27.1. The van der Waals surface area contributed by atoms with Crippen molar-refractivity contribution in [2.24, 2.45) is 0 Å². The van der Waals surface area contributed by atoms with Crippen molar-refractivity contribution in [2.45, 2.75) is 30.8 Å². The van der Waals surface area contributed by atoms with Gasteiger partial charge in [0.1, 0.15) is 16.4 Å². The van der Waals surface area contributed by atoms with E-state index < -0.39 is 22.0 Å². The number of carbonyl (C=O) groups is 2. The molecule has 3 aromatic carbocycles. The first kappa shape index (κ1) is 27.2. The average Bonchev–Trinajstić information content (AvgIpc) is 2.95. The normalized spacial score (nSPS) is 14.8. The van der Waals surface area contributed by atoms with Crippen LogP contribution in [0.25, 0.3) is 0 Å². The van der Waals surface area contributed by atoms with Gasteiger partial charge in [-0.25, -0.2) is 13.1 Å². The monoisotopic (exact) mass is 537 g/mol. The molecule has 0 saturated carbocycles. The Labute approximate surface area is 222 Å². The fraction of sp³-hybridized carbons (Fsp3) is 0.286. The summed E-state index contributed by atoms with van der Waals surface area (Å²) >= 11 is 0. The van der Waals surface area contributed by atoms with E-state index in [9.17, 15) is 18.0 Å². The molecule has 0 aliphatic carbocycles. The van der Waals surface area contributed by atoms with Gasteiger partial charge in [0, 0.05) is 18.7 Å². The number of benzene rings is 3. The van der Waals surface area contributed by atoms with Crippen molar-refractivity contribution in [2.75, 3.05) is 31.6 Å². The molecule has 0 radical (unpaired) electrons. The first-order valence-corrected chi connectivity index (χ1v) is 13.9. The molecule has 2 N–H and O–H groups in total. The van der Waals surface area contributed by atoms with E-state index in [0.29, 0.717) is 30.8 Å². The molecule has 0 aromatic heterocycles. The lowest BCUT2D eigenvalue weighted by Gasteiger charge is -2.34. The highest BCUT2D eigenvalue weighted by Gasteiger charge is 2.34. The van der Waals surface area contributed by atoms with Crippen LogP contribution in [0.5, 0.6) is 11.5 Å². The summed E-state index contributed by atoms with van der Waals surface area (Å²) in [6.07, 6.45) is 0.338. The van der Waals surface area contributed by atoms with Crippen LogP contribution >= 0.6 is 0 Å². The number of anilines is 1. The lowest BCUT2D eigenvalue weighted by Crippen LogP contribution is -2.51. The van der Waals surface area contributed by atoms with Gasteiger partial charge in [-0.15, -0.1) is 0 Å². The number of ether oxygens (including phenoxy) is 2. The minimum atomic E-state index is -3.90. The van der Waals surface area contributed by atoms with Gasteiger partial charge in [0.25, 0.3) is 11.8 Å². The molecule has 0 spiro atoms. The maximum atomic E-state index is 13.7. The number of amides is 2. The fourth-order valence-corrected chi connectivity index (χ4v) is 5.47. The van der Waals surface area contributed by atoms with Crippen LogP contribution in [0.15, 0.2) is 77.7 Å². The minimum absolute atomic E-state index is 0.0325. The Morgan fingerprint density at radius 3 is 2.50 bits per heavy atom. The predicted octanol–water partition coefficient (Wildman–Crippen LogP) is 3.15. The molecule has 0 saturated heterocycles. The molecule has 9 nitrogen and oxygen atoms in total. The number of rotatable bonds is 10. The summed E-state index contributed by atoms with van der Waals surface area (Å²) in [4.78, 5) is 28.0. The van der Waals surface area contributed by atoms with Gasteiger partial charge in [-0.3, -0.25) is 9.59 Å². The van der Waals surface area contributed by atoms with Gasteiger partial charge in [-0.1, -0.05) is 49.4 Å². The maximum Gasteiger partial charge on any atom is 0.262 e. The molecule has 1 aliphatic rings. The van der Waals surface area contributed by atoms with Crippen molar-refractivity contribution in [3.05, 3.63) is 83.9 Å². The largest absolute Gasteiger partial charge is 0.495 e. The second-order valence-electron chi connectivity index (χ2n) is 8.78. The molecule has 1 heterocycles. The van der Waals surface area contributed by atoms with Gasteiger partial charge in [0.15, 0.2) is 6.10 Å². The topological polar surface area (TPSA) is 114 Å². The Kier molecular flexibility index (Phi) is 8.65. The number of carbonyl (C=O) groups excluding carboxylic acids is 2. The van der Waals surface area contributed by atoms with Crippen LogP contribution in [0.3, 0.4) is 0 Å². The van der Waals surface area contributed by atoms with Crippen LogP contribution in [0.1, 0.15) is 29.3 Å². The van der Waals surface area contributed by atoms with E-state index >= 15 is 0 Å². The van der Waals surface area contributed by atoms with Crippen molar-refractivity contribution < 1.29 is 27.5 Å². The van der Waals surface area contributed by atoms with Crippen LogP contribution in [0, 0.1) is 0 Å². The molecule has 0 unspecified atom stereocenters. The van der Waals surface area contributed by atoms with Gasteiger partial charge in [-0.2, -0.15) is 0 Å². The Morgan fingerprint density at radius 1 is 1.03 bits per heavy atom. The standard InChI is InChI=1S/C28H31N3O6S/c1-3-16-30-38(34,35)26-18-21(13-14-24(26)36-2)28(33)31-19-25(37-23-12-8-7-11-22(23)31)27(32)29-17-15-20-9-5-4-6-10-20/h4-14,18,25,30H,3,15-17,19H2,1-2H3,(H,29,32)/t25-/m1/s1. The summed E-state index contributed by atoms with van der Waals surface area (Å²) < 4.78 is 39.4. The first-order chi connectivity index (χ1) is 18.3. The van der Waals surface area contributed by atoms with E-state index in [1.165, 1.54) is 30.2 Å². The molecular weight excluding hydrogens is 506 g/mol. The van der Waals surface area contributed by atoms with Gasteiger partial charge < -0.3 is 19.7 Å². The number of sulfonamides is 1. The Balaban J connectivity index is 1.57. The van der Waals surface area contributed by atoms with Gasteiger partial charge in [0.2, 0.25) is 10.0 Å². The summed E-state index contributed by atoms with van der Waals surface area (Å²) in [5.74, 6) is -0.281. The van der Waals surface area contributed by atoms with Crippen molar-refractivity contribution in [1.82, 2.24) is 10.0 Å². The van der Waals surface area contributed by atoms with Crippen LogP contribution in [0.4, 0.5) is 5.69 Å². The molecular formula is C28H31N3O6S. The van der Waals surface area contributed by atoms with Crippen LogP contribution in [-0.2, 0) is 21.2 Å². The summed E-state index contributed by atoms with van der Waals surface area (Å²) in [5.41, 5.74) is 1.73. The van der Waals surface area contributed by atoms with Crippen molar-refractivity contribution >= 4 is 27.5 Å². The second kappa shape index (κ2) is 12.1. The zero-order valence-electron chi connectivity index (χ0n) is 21.3. The van der Waals surface area contributed by atoms with Crippen LogP contribution in [-0.4, -0.2) is 53.1 Å². The predicted molar refractivity (Wildman–Crippen MR) is 144 cm³/mol. The Bertz CT molecular complexity index is 1390. The summed E-state index contributed by atoms with van der Waals surface area (Å²) in [7, 11) is -2.53. The van der Waals surface area contributed by atoms with E-state index in [-0.39, 0.29) is 35.2 Å². The third-order valence-electron chi connectivity index (χ3n) is 6.11. The SMILES string of the molecule is CCCNS(=O)(=O)c1cc(C(=O)N2C[C@H](C(=O)NCCc3ccccc3)Oc3ccccc32)ccc1OC. The number of nitrogens with zero attached hydrogens (tertiary/aromatic N) is 1. The molecule has 4 rings (SSSR count). The third-order valence-corrected chi connectivity index (χ3v) is 7.59.